The highest BCUT2D eigenvalue weighted by molar-refractivity contribution is 5.85. The lowest BCUT2D eigenvalue weighted by Crippen LogP contribution is -2.56. The van der Waals surface area contributed by atoms with E-state index >= 15 is 0 Å². The molecule has 6 rings (SSSR count). The second kappa shape index (κ2) is 11.5. The van der Waals surface area contributed by atoms with Crippen molar-refractivity contribution in [1.29, 1.82) is 0 Å². The van der Waals surface area contributed by atoms with Crippen molar-refractivity contribution >= 4 is 17.8 Å². The van der Waals surface area contributed by atoms with E-state index in [-0.39, 0.29) is 19.0 Å². The molecule has 4 N–H and O–H groups in total. The van der Waals surface area contributed by atoms with Gasteiger partial charge in [0.2, 0.25) is 5.95 Å². The van der Waals surface area contributed by atoms with Crippen molar-refractivity contribution in [3.8, 4) is 22.6 Å². The van der Waals surface area contributed by atoms with Gasteiger partial charge >= 0.3 is 11.8 Å². The first-order valence-corrected chi connectivity index (χ1v) is 13.8. The number of aromatic nitrogens is 5. The molecule has 1 aromatic carbocycles. The number of H-pyrrole nitrogens is 1. The summed E-state index contributed by atoms with van der Waals surface area (Å²) in [5.74, 6) is -3.34. The number of carbonyl (C=O) groups is 2. The highest BCUT2D eigenvalue weighted by Crippen LogP contribution is 2.40. The molecule has 1 amide bonds. The fraction of sp³-hybridized carbons (Fsp3) is 0.333. The van der Waals surface area contributed by atoms with Crippen molar-refractivity contribution in [2.75, 3.05) is 25.1 Å². The summed E-state index contributed by atoms with van der Waals surface area (Å²) in [6.45, 7) is 1.98. The maximum Gasteiger partial charge on any atom is 0.316 e. The molecule has 2 fully saturated rings. The number of esters is 1. The van der Waals surface area contributed by atoms with Gasteiger partial charge in [-0.25, -0.2) is 19.3 Å². The monoisotopic (exact) mass is 587 g/mol. The number of ether oxygens (including phenoxy) is 3. The number of anilines is 1. The number of carbonyl (C=O) groups excluding carboxylic acids is 2. The van der Waals surface area contributed by atoms with Gasteiger partial charge in [-0.15, -0.1) is 0 Å². The van der Waals surface area contributed by atoms with Gasteiger partial charge in [-0.3, -0.25) is 14.6 Å². The Morgan fingerprint density at radius 3 is 2.51 bits per heavy atom. The number of halogens is 1. The Hall–Kier alpha value is -4.75. The number of nitrogens with one attached hydrogen (secondary N) is 2. The van der Waals surface area contributed by atoms with Gasteiger partial charge in [0.25, 0.3) is 5.91 Å². The number of pyridine rings is 1. The van der Waals surface area contributed by atoms with Crippen LogP contribution in [0.25, 0.3) is 22.6 Å². The predicted molar refractivity (Wildman–Crippen MR) is 151 cm³/mol. The molecular weight excluding hydrogens is 557 g/mol. The zero-order valence-corrected chi connectivity index (χ0v) is 23.4. The van der Waals surface area contributed by atoms with Crippen molar-refractivity contribution in [3.05, 3.63) is 78.3 Å². The van der Waals surface area contributed by atoms with Crippen LogP contribution in [0, 0.1) is 17.2 Å². The highest BCUT2D eigenvalue weighted by Gasteiger charge is 2.54. The van der Waals surface area contributed by atoms with Gasteiger partial charge in [0.15, 0.2) is 5.82 Å². The summed E-state index contributed by atoms with van der Waals surface area (Å²) in [5.41, 5.74) is 7.15. The van der Waals surface area contributed by atoms with E-state index in [4.69, 9.17) is 19.9 Å². The molecule has 4 heterocycles. The number of benzene rings is 1. The summed E-state index contributed by atoms with van der Waals surface area (Å²) in [4.78, 5) is 46.7. The molecule has 222 valence electrons. The lowest BCUT2D eigenvalue weighted by Gasteiger charge is -2.40. The largest absolute Gasteiger partial charge is 0.465 e. The molecule has 4 aromatic rings. The summed E-state index contributed by atoms with van der Waals surface area (Å²) in [5, 5.41) is 3.14. The molecule has 0 bridgehead atoms. The van der Waals surface area contributed by atoms with Crippen molar-refractivity contribution < 1.29 is 28.2 Å². The molecule has 2 aliphatic rings. The number of nitrogens with two attached hydrogens (primary N) is 1. The highest BCUT2D eigenvalue weighted by atomic mass is 19.1. The molecule has 1 saturated heterocycles. The number of aromatic amines is 1. The minimum Gasteiger partial charge on any atom is -0.465 e. The van der Waals surface area contributed by atoms with E-state index in [1.807, 2.05) is 18.2 Å². The average Bonchev–Trinajstić information content (AvgIpc) is 3.75. The summed E-state index contributed by atoms with van der Waals surface area (Å²) in [6, 6.07) is 12.9. The molecule has 1 aliphatic heterocycles. The van der Waals surface area contributed by atoms with Crippen LogP contribution < -0.4 is 11.1 Å². The summed E-state index contributed by atoms with van der Waals surface area (Å²) < 4.78 is 31.1. The zero-order valence-electron chi connectivity index (χ0n) is 23.4. The first kappa shape index (κ1) is 28.4. The number of hydrogen-bond donors (Lipinski definition) is 3. The smallest absolute Gasteiger partial charge is 0.316 e. The Morgan fingerprint density at radius 1 is 1.07 bits per heavy atom. The van der Waals surface area contributed by atoms with E-state index < -0.39 is 28.9 Å². The third-order valence-electron chi connectivity index (χ3n) is 7.35. The molecule has 0 unspecified atom stereocenters. The Labute approximate surface area is 246 Å². The Kier molecular flexibility index (Phi) is 7.59. The van der Waals surface area contributed by atoms with E-state index in [9.17, 15) is 14.0 Å². The number of rotatable bonds is 10. The van der Waals surface area contributed by atoms with Crippen molar-refractivity contribution in [1.82, 2.24) is 24.9 Å². The Balaban J connectivity index is 1.32. The number of hydrogen-bond acceptors (Lipinski definition) is 10. The quantitative estimate of drug-likeness (QED) is 0.234. The standard InChI is InChI=1S/C30H30FN7O5/c1-29(27(40)41-15-18-5-6-18)16-42-30(25(32)39,43-17-29)26-37-23(19-7-9-20(31)10-8-19)24(38-26)22-11-13-34-28(36-22)35-14-21-4-2-3-12-33-21/h2-4,7-13,18H,5-6,14-17H2,1H3,(H2,32,39)(H,37,38)(H,34,35,36). The molecule has 1 saturated carbocycles. The Morgan fingerprint density at radius 2 is 1.84 bits per heavy atom. The minimum atomic E-state index is -2.13. The van der Waals surface area contributed by atoms with Crippen LogP contribution in [0.1, 0.15) is 31.3 Å². The normalized spacial score (nSPS) is 21.7. The third kappa shape index (κ3) is 5.94. The maximum absolute atomic E-state index is 13.8. The topological polar surface area (TPSA) is 167 Å². The van der Waals surface area contributed by atoms with Crippen LogP contribution in [-0.2, 0) is 36.1 Å². The first-order chi connectivity index (χ1) is 20.8. The molecule has 0 radical (unpaired) electrons. The van der Waals surface area contributed by atoms with Crippen molar-refractivity contribution in [2.45, 2.75) is 32.1 Å². The fourth-order valence-electron chi connectivity index (χ4n) is 4.56. The molecule has 3 aromatic heterocycles. The van der Waals surface area contributed by atoms with Gasteiger partial charge in [-0.2, -0.15) is 0 Å². The molecule has 1 aliphatic carbocycles. The Bertz CT molecular complexity index is 1620. The van der Waals surface area contributed by atoms with Gasteiger partial charge in [0.05, 0.1) is 49.1 Å². The molecular formula is C30H30FN7O5. The SMILES string of the molecule is CC1(C(=O)OCC2CC2)COC(C(N)=O)(c2nc(-c3ccc(F)cc3)c(-c3ccnc(NCc4ccccn4)n3)[nH]2)OC1. The predicted octanol–water partition coefficient (Wildman–Crippen LogP) is 3.32. The lowest BCUT2D eigenvalue weighted by atomic mass is 9.91. The summed E-state index contributed by atoms with van der Waals surface area (Å²) >= 11 is 0. The second-order valence-electron chi connectivity index (χ2n) is 10.9. The van der Waals surface area contributed by atoms with Gasteiger partial charge < -0.3 is 30.2 Å². The van der Waals surface area contributed by atoms with Crippen LogP contribution in [0.5, 0.6) is 0 Å². The van der Waals surface area contributed by atoms with Crippen LogP contribution in [0.4, 0.5) is 10.3 Å². The van der Waals surface area contributed by atoms with Crippen molar-refractivity contribution in [2.24, 2.45) is 17.1 Å². The van der Waals surface area contributed by atoms with Gasteiger partial charge in [0, 0.05) is 18.0 Å². The third-order valence-corrected chi connectivity index (χ3v) is 7.35. The van der Waals surface area contributed by atoms with E-state index in [1.165, 1.54) is 12.1 Å². The molecule has 13 heteroatoms. The van der Waals surface area contributed by atoms with Gasteiger partial charge in [-0.05, 0) is 68.1 Å². The first-order valence-electron chi connectivity index (χ1n) is 13.8. The van der Waals surface area contributed by atoms with Gasteiger partial charge in [-0.1, -0.05) is 6.07 Å². The summed E-state index contributed by atoms with van der Waals surface area (Å²) in [6.07, 6.45) is 5.33. The van der Waals surface area contributed by atoms with Crippen LogP contribution in [0.3, 0.4) is 0 Å². The number of primary amides is 1. The van der Waals surface area contributed by atoms with Crippen LogP contribution >= 0.6 is 0 Å². The average molecular weight is 588 g/mol. The fourth-order valence-corrected chi connectivity index (χ4v) is 4.56. The number of nitrogens with zero attached hydrogens (tertiary/aromatic N) is 4. The van der Waals surface area contributed by atoms with E-state index in [0.717, 1.165) is 18.5 Å². The van der Waals surface area contributed by atoms with E-state index in [1.54, 1.807) is 37.5 Å². The molecule has 0 spiro atoms. The van der Waals surface area contributed by atoms with Crippen LogP contribution in [0.15, 0.2) is 60.9 Å². The van der Waals surface area contributed by atoms with Gasteiger partial charge in [0.1, 0.15) is 11.2 Å². The lowest BCUT2D eigenvalue weighted by molar-refractivity contribution is -0.293. The second-order valence-corrected chi connectivity index (χ2v) is 10.9. The molecule has 12 nitrogen and oxygen atoms in total. The van der Waals surface area contributed by atoms with Crippen LogP contribution in [-0.4, -0.2) is 56.6 Å². The molecule has 0 atom stereocenters. The zero-order chi connectivity index (χ0) is 30.0. The van der Waals surface area contributed by atoms with E-state index in [2.05, 4.69) is 30.2 Å². The maximum atomic E-state index is 13.8. The van der Waals surface area contributed by atoms with Crippen LogP contribution in [0.2, 0.25) is 0 Å². The van der Waals surface area contributed by atoms with E-state index in [0.29, 0.717) is 47.7 Å². The number of amides is 1. The van der Waals surface area contributed by atoms with Crippen molar-refractivity contribution in [3.63, 3.8) is 0 Å². The molecule has 43 heavy (non-hydrogen) atoms. The summed E-state index contributed by atoms with van der Waals surface area (Å²) in [7, 11) is 0. The number of imidazole rings is 1. The minimum absolute atomic E-state index is 0.0515.